The molecule has 0 N–H and O–H groups in total. The van der Waals surface area contributed by atoms with Gasteiger partial charge in [0.05, 0.1) is 34.7 Å². The zero-order valence-electron chi connectivity index (χ0n) is 17.3. The topological polar surface area (TPSA) is 90.7 Å². The van der Waals surface area contributed by atoms with Crippen LogP contribution in [0.1, 0.15) is 23.1 Å². The van der Waals surface area contributed by atoms with Gasteiger partial charge in [-0.25, -0.2) is 18.2 Å². The minimum Gasteiger partial charge on any atom is -0.454 e. The third kappa shape index (κ3) is 4.62. The number of benzene rings is 2. The predicted octanol–water partition coefficient (Wildman–Crippen LogP) is 3.74. The molecule has 1 fully saturated rings. The van der Waals surface area contributed by atoms with Crippen molar-refractivity contribution in [1.82, 2.24) is 13.9 Å². The molecule has 11 heteroatoms. The summed E-state index contributed by atoms with van der Waals surface area (Å²) in [5.74, 6) is -0.0791. The number of halogens is 2. The van der Waals surface area contributed by atoms with Crippen molar-refractivity contribution in [2.45, 2.75) is 25.0 Å². The van der Waals surface area contributed by atoms with Gasteiger partial charge in [0.1, 0.15) is 12.4 Å². The van der Waals surface area contributed by atoms with Crippen LogP contribution >= 0.6 is 23.2 Å². The lowest BCUT2D eigenvalue weighted by atomic mass is 10.2. The molecule has 0 bridgehead atoms. The zero-order valence-corrected chi connectivity index (χ0v) is 19.6. The van der Waals surface area contributed by atoms with Crippen LogP contribution in [0.25, 0.3) is 11.0 Å². The van der Waals surface area contributed by atoms with Crippen molar-refractivity contribution in [1.29, 1.82) is 0 Å². The molecule has 1 aliphatic heterocycles. The lowest BCUT2D eigenvalue weighted by Gasteiger charge is -2.26. The van der Waals surface area contributed by atoms with E-state index in [0.717, 1.165) is 5.52 Å². The highest BCUT2D eigenvalue weighted by Crippen LogP contribution is 2.25. The number of aromatic nitrogens is 2. The molecule has 4 rings (SSSR count). The molecule has 0 atom stereocenters. The highest BCUT2D eigenvalue weighted by Gasteiger charge is 2.27. The lowest BCUT2D eigenvalue weighted by Crippen LogP contribution is -2.40. The van der Waals surface area contributed by atoms with Crippen molar-refractivity contribution in [2.75, 3.05) is 26.3 Å². The van der Waals surface area contributed by atoms with Crippen LogP contribution < -0.4 is 0 Å². The second kappa shape index (κ2) is 9.36. The van der Waals surface area contributed by atoms with E-state index in [1.807, 2.05) is 11.5 Å². The maximum absolute atomic E-state index is 13.0. The van der Waals surface area contributed by atoms with Crippen LogP contribution in [0.3, 0.4) is 0 Å². The molecule has 0 amide bonds. The fourth-order valence-electron chi connectivity index (χ4n) is 3.60. The maximum atomic E-state index is 13.0. The Kier molecular flexibility index (Phi) is 6.73. The summed E-state index contributed by atoms with van der Waals surface area (Å²) in [4.78, 5) is 17.1. The third-order valence-electron chi connectivity index (χ3n) is 5.15. The molecule has 2 aromatic carbocycles. The van der Waals surface area contributed by atoms with Gasteiger partial charge in [0.2, 0.25) is 10.0 Å². The normalized spacial score (nSPS) is 15.2. The number of esters is 1. The van der Waals surface area contributed by atoms with Crippen molar-refractivity contribution < 1.29 is 22.7 Å². The molecule has 2 heterocycles. The summed E-state index contributed by atoms with van der Waals surface area (Å²) < 4.78 is 39.9. The van der Waals surface area contributed by atoms with E-state index in [9.17, 15) is 13.2 Å². The van der Waals surface area contributed by atoms with Crippen molar-refractivity contribution in [3.8, 4) is 0 Å². The molecule has 0 aliphatic carbocycles. The Hall–Kier alpha value is -2.17. The first-order valence-corrected chi connectivity index (χ1v) is 12.2. The second-order valence-corrected chi connectivity index (χ2v) is 9.98. The summed E-state index contributed by atoms with van der Waals surface area (Å²) in [5, 5.41) is 0.665. The van der Waals surface area contributed by atoms with E-state index in [-0.39, 0.29) is 17.1 Å². The molecular formula is C21H21Cl2N3O5S. The Morgan fingerprint density at radius 2 is 1.81 bits per heavy atom. The summed E-state index contributed by atoms with van der Waals surface area (Å²) in [6.07, 6.45) is 0. The van der Waals surface area contributed by atoms with E-state index in [2.05, 4.69) is 4.98 Å². The number of aryl methyl sites for hydroxylation is 1. The summed E-state index contributed by atoms with van der Waals surface area (Å²) in [6, 6.07) is 9.32. The molecule has 0 saturated carbocycles. The quantitative estimate of drug-likeness (QED) is 0.481. The van der Waals surface area contributed by atoms with Gasteiger partial charge in [0.25, 0.3) is 0 Å². The van der Waals surface area contributed by atoms with Gasteiger partial charge in [-0.3, -0.25) is 0 Å². The second-order valence-electron chi connectivity index (χ2n) is 7.17. The molecule has 3 aromatic rings. The van der Waals surface area contributed by atoms with Gasteiger partial charge in [0.15, 0.2) is 0 Å². The predicted molar refractivity (Wildman–Crippen MR) is 121 cm³/mol. The van der Waals surface area contributed by atoms with Crippen molar-refractivity contribution >= 4 is 50.2 Å². The maximum Gasteiger partial charge on any atom is 0.338 e. The number of hydrogen-bond acceptors (Lipinski definition) is 6. The Balaban J connectivity index is 1.59. The number of carbonyl (C=O) groups excluding carboxylic acids is 1. The fraction of sp³-hybridized carbons (Fsp3) is 0.333. The molecule has 0 unspecified atom stereocenters. The summed E-state index contributed by atoms with van der Waals surface area (Å²) in [6.45, 7) is 3.80. The van der Waals surface area contributed by atoms with Crippen LogP contribution in [0.5, 0.6) is 0 Å². The standard InChI is InChI=1S/C21H21Cl2N3O5S/c1-2-26-19-4-3-17(32(28,29)25-5-7-30-8-6-25)12-18(19)24-20(26)13-31-21(27)14-9-15(22)11-16(23)10-14/h3-4,9-12H,2,5-8,13H2,1H3. The lowest BCUT2D eigenvalue weighted by molar-refractivity contribution is 0.0458. The zero-order chi connectivity index (χ0) is 22.9. The van der Waals surface area contributed by atoms with E-state index in [4.69, 9.17) is 32.7 Å². The van der Waals surface area contributed by atoms with Crippen LogP contribution in [-0.4, -0.2) is 54.5 Å². The molecule has 0 spiro atoms. The molecule has 1 saturated heterocycles. The van der Waals surface area contributed by atoms with Gasteiger partial charge in [-0.15, -0.1) is 0 Å². The number of rotatable bonds is 6. The SMILES string of the molecule is CCn1c(COC(=O)c2cc(Cl)cc(Cl)c2)nc2cc(S(=O)(=O)N3CCOCC3)ccc21. The summed E-state index contributed by atoms with van der Waals surface area (Å²) in [7, 11) is -3.64. The Morgan fingerprint density at radius 3 is 2.47 bits per heavy atom. The highest BCUT2D eigenvalue weighted by atomic mass is 35.5. The monoisotopic (exact) mass is 497 g/mol. The number of sulfonamides is 1. The molecule has 32 heavy (non-hydrogen) atoms. The average Bonchev–Trinajstić information content (AvgIpc) is 3.14. The number of fused-ring (bicyclic) bond motifs is 1. The molecule has 1 aliphatic rings. The van der Waals surface area contributed by atoms with E-state index in [1.54, 1.807) is 18.2 Å². The van der Waals surface area contributed by atoms with E-state index in [0.29, 0.717) is 54.2 Å². The van der Waals surface area contributed by atoms with Crippen molar-refractivity contribution in [3.05, 3.63) is 57.8 Å². The number of hydrogen-bond donors (Lipinski definition) is 0. The van der Waals surface area contributed by atoms with E-state index >= 15 is 0 Å². The summed E-state index contributed by atoms with van der Waals surface area (Å²) in [5.41, 5.74) is 1.50. The van der Waals surface area contributed by atoms with Crippen LogP contribution in [0, 0.1) is 0 Å². The minimum absolute atomic E-state index is 0.0863. The Bertz CT molecular complexity index is 1250. The number of imidazole rings is 1. The first kappa shape index (κ1) is 23.0. The van der Waals surface area contributed by atoms with Crippen molar-refractivity contribution in [3.63, 3.8) is 0 Å². The summed E-state index contributed by atoms with van der Waals surface area (Å²) >= 11 is 11.9. The third-order valence-corrected chi connectivity index (χ3v) is 7.48. The minimum atomic E-state index is -3.64. The highest BCUT2D eigenvalue weighted by molar-refractivity contribution is 7.89. The van der Waals surface area contributed by atoms with E-state index in [1.165, 1.54) is 22.5 Å². The smallest absolute Gasteiger partial charge is 0.338 e. The average molecular weight is 498 g/mol. The van der Waals surface area contributed by atoms with Crippen LogP contribution in [-0.2, 0) is 32.6 Å². The largest absolute Gasteiger partial charge is 0.454 e. The Labute approximate surface area is 195 Å². The van der Waals surface area contributed by atoms with Crippen LogP contribution in [0.2, 0.25) is 10.0 Å². The van der Waals surface area contributed by atoms with E-state index < -0.39 is 16.0 Å². The van der Waals surface area contributed by atoms with Crippen LogP contribution in [0.4, 0.5) is 0 Å². The first-order valence-electron chi connectivity index (χ1n) is 10.00. The molecular weight excluding hydrogens is 477 g/mol. The fourth-order valence-corrected chi connectivity index (χ4v) is 5.56. The van der Waals surface area contributed by atoms with Gasteiger partial charge >= 0.3 is 5.97 Å². The van der Waals surface area contributed by atoms with Crippen LogP contribution in [0.15, 0.2) is 41.3 Å². The molecule has 170 valence electrons. The Morgan fingerprint density at radius 1 is 1.12 bits per heavy atom. The number of morpholine rings is 1. The van der Waals surface area contributed by atoms with Gasteiger partial charge in [0, 0.05) is 29.7 Å². The van der Waals surface area contributed by atoms with Crippen molar-refractivity contribution in [2.24, 2.45) is 0 Å². The van der Waals surface area contributed by atoms with Gasteiger partial charge in [-0.1, -0.05) is 23.2 Å². The number of ether oxygens (including phenoxy) is 2. The molecule has 8 nitrogen and oxygen atoms in total. The number of carbonyl (C=O) groups is 1. The van der Waals surface area contributed by atoms with Gasteiger partial charge in [-0.05, 0) is 43.3 Å². The first-order chi connectivity index (χ1) is 15.3. The molecule has 0 radical (unpaired) electrons. The number of nitrogens with zero attached hydrogens (tertiary/aromatic N) is 3. The molecule has 1 aromatic heterocycles. The van der Waals surface area contributed by atoms with Gasteiger partial charge < -0.3 is 14.0 Å². The van der Waals surface area contributed by atoms with Gasteiger partial charge in [-0.2, -0.15) is 4.31 Å².